The van der Waals surface area contributed by atoms with Gasteiger partial charge in [0.05, 0.1) is 6.10 Å². The minimum absolute atomic E-state index is 0.236. The Morgan fingerprint density at radius 1 is 0.683 bits per heavy atom. The summed E-state index contributed by atoms with van der Waals surface area (Å²) in [7, 11) is -3.81. The highest BCUT2D eigenvalue weighted by Crippen LogP contribution is 2.43. The zero-order valence-electron chi connectivity index (χ0n) is 34.5. The van der Waals surface area contributed by atoms with E-state index in [1.807, 2.05) is 56.5 Å². The van der Waals surface area contributed by atoms with Gasteiger partial charge in [0.1, 0.15) is 36.0 Å². The zero-order chi connectivity index (χ0) is 44.1. The topological polar surface area (TPSA) is 166 Å². The van der Waals surface area contributed by atoms with Crippen LogP contribution in [0.2, 0.25) is 10.0 Å². The highest BCUT2D eigenvalue weighted by molar-refractivity contribution is 7.99. The molecule has 10 atom stereocenters. The molecule has 0 spiro atoms. The number of aliphatic hydroxyl groups excluding tert-OH is 3. The molecule has 60 heavy (non-hydrogen) atoms. The lowest BCUT2D eigenvalue weighted by atomic mass is 9.86. The Labute approximate surface area is 366 Å². The standard InChI is InChI=1S/C25H29ClO5S.C20H23ClO6S/c1-14-6-8-18(9-7-14)12-20-13-19(10-11-21(20)26)22-15(2)23(29-16(3)27)24(30-17(4)28)25(31-22)32-5;1-11-3-5-12(6-4-11)9-14-10-13(7-8-15(14)21)19-17(23)16(22)18(24)20(27-19)28(2,25)26/h6-11,13,15,22-25H,12H2,1-5H3;3-8,10,16-20,22-24H,9H2,1-2H3/t15-,22+,23+,24-,25+;16-,17-,18+,19+,20-/m01/s1. The van der Waals surface area contributed by atoms with Gasteiger partial charge in [-0.25, -0.2) is 8.42 Å². The maximum absolute atomic E-state index is 11.9. The summed E-state index contributed by atoms with van der Waals surface area (Å²) in [6.45, 7) is 8.70. The van der Waals surface area contributed by atoms with Gasteiger partial charge >= 0.3 is 11.9 Å². The number of benzene rings is 4. The molecule has 2 fully saturated rings. The smallest absolute Gasteiger partial charge is 0.303 e. The molecule has 2 saturated heterocycles. The first-order chi connectivity index (χ1) is 28.3. The molecule has 4 aromatic carbocycles. The van der Waals surface area contributed by atoms with Crippen molar-refractivity contribution in [3.8, 4) is 0 Å². The minimum Gasteiger partial charge on any atom is -0.458 e. The van der Waals surface area contributed by atoms with E-state index in [9.17, 15) is 33.3 Å². The van der Waals surface area contributed by atoms with Crippen LogP contribution in [0.15, 0.2) is 84.9 Å². The van der Waals surface area contributed by atoms with Gasteiger partial charge in [-0.3, -0.25) is 9.59 Å². The van der Waals surface area contributed by atoms with Crippen LogP contribution < -0.4 is 0 Å². The second-order valence-corrected chi connectivity index (χ2v) is 19.3. The van der Waals surface area contributed by atoms with Gasteiger partial charge in [-0.1, -0.05) is 114 Å². The monoisotopic (exact) mass is 902 g/mol. The average Bonchev–Trinajstić information content (AvgIpc) is 3.18. The second-order valence-electron chi connectivity index (χ2n) is 15.4. The number of hydrogen-bond donors (Lipinski definition) is 3. The Morgan fingerprint density at radius 2 is 1.13 bits per heavy atom. The number of carbonyl (C=O) groups excluding carboxylic acids is 2. The van der Waals surface area contributed by atoms with Gasteiger partial charge in [-0.05, 0) is 78.5 Å². The van der Waals surface area contributed by atoms with Crippen molar-refractivity contribution in [3.63, 3.8) is 0 Å². The molecular weight excluding hydrogens is 852 g/mol. The number of rotatable bonds is 10. The van der Waals surface area contributed by atoms with Crippen molar-refractivity contribution in [2.75, 3.05) is 12.5 Å². The molecule has 0 aliphatic carbocycles. The van der Waals surface area contributed by atoms with E-state index in [4.69, 9.17) is 42.1 Å². The summed E-state index contributed by atoms with van der Waals surface area (Å²) in [6.07, 6.45) is -3.63. The third-order valence-corrected chi connectivity index (χ3v) is 13.3. The van der Waals surface area contributed by atoms with Gasteiger partial charge < -0.3 is 34.3 Å². The van der Waals surface area contributed by atoms with E-state index >= 15 is 0 Å². The van der Waals surface area contributed by atoms with Gasteiger partial charge in [0.15, 0.2) is 21.4 Å². The Morgan fingerprint density at radius 3 is 1.57 bits per heavy atom. The molecule has 15 heteroatoms. The van der Waals surface area contributed by atoms with Crippen molar-refractivity contribution in [2.24, 2.45) is 5.92 Å². The van der Waals surface area contributed by atoms with Crippen molar-refractivity contribution >= 4 is 56.7 Å². The Kier molecular flexibility index (Phi) is 16.3. The molecule has 11 nitrogen and oxygen atoms in total. The van der Waals surface area contributed by atoms with E-state index in [2.05, 4.69) is 37.3 Å². The maximum atomic E-state index is 11.9. The van der Waals surface area contributed by atoms with Crippen molar-refractivity contribution in [2.45, 2.75) is 101 Å². The molecule has 6 rings (SSSR count). The Hall–Kier alpha value is -3.50. The lowest BCUT2D eigenvalue weighted by molar-refractivity contribution is -0.208. The number of esters is 2. The zero-order valence-corrected chi connectivity index (χ0v) is 37.6. The van der Waals surface area contributed by atoms with Crippen molar-refractivity contribution < 1.29 is 52.3 Å². The summed E-state index contributed by atoms with van der Waals surface area (Å²) >= 11 is 14.3. The van der Waals surface area contributed by atoms with E-state index in [-0.39, 0.29) is 12.0 Å². The number of aliphatic hydroxyl groups is 3. The minimum atomic E-state index is -3.81. The van der Waals surface area contributed by atoms with Crippen LogP contribution in [0.25, 0.3) is 0 Å². The molecular formula is C45H52Cl2O11S2. The van der Waals surface area contributed by atoms with Crippen LogP contribution in [0.5, 0.6) is 0 Å². The molecule has 0 aromatic heterocycles. The van der Waals surface area contributed by atoms with E-state index in [1.165, 1.54) is 36.7 Å². The largest absolute Gasteiger partial charge is 0.458 e. The predicted octanol–water partition coefficient (Wildman–Crippen LogP) is 7.26. The number of hydrogen-bond acceptors (Lipinski definition) is 12. The first-order valence-corrected chi connectivity index (χ1v) is 23.4. The van der Waals surface area contributed by atoms with Gasteiger partial charge in [-0.15, -0.1) is 11.8 Å². The van der Waals surface area contributed by atoms with Crippen LogP contribution in [0.4, 0.5) is 0 Å². The fraction of sp³-hybridized carbons (Fsp3) is 0.422. The van der Waals surface area contributed by atoms with E-state index in [0.29, 0.717) is 28.5 Å². The first-order valence-electron chi connectivity index (χ1n) is 19.4. The van der Waals surface area contributed by atoms with Gasteiger partial charge in [0, 0.05) is 36.1 Å². The summed E-state index contributed by atoms with van der Waals surface area (Å²) in [5.74, 6) is -1.09. The Bertz CT molecular complexity index is 2220. The molecule has 0 unspecified atom stereocenters. The third-order valence-electron chi connectivity index (χ3n) is 10.5. The number of aryl methyl sites for hydroxylation is 2. The highest BCUT2D eigenvalue weighted by atomic mass is 35.5. The van der Waals surface area contributed by atoms with Crippen molar-refractivity contribution in [1.82, 2.24) is 0 Å². The number of ether oxygens (including phenoxy) is 4. The summed E-state index contributed by atoms with van der Waals surface area (Å²) in [6, 6.07) is 27.2. The fourth-order valence-electron chi connectivity index (χ4n) is 7.37. The van der Waals surface area contributed by atoms with Crippen LogP contribution in [0, 0.1) is 19.8 Å². The fourth-order valence-corrected chi connectivity index (χ4v) is 9.43. The molecule has 0 saturated carbocycles. The molecule has 2 aliphatic heterocycles. The van der Waals surface area contributed by atoms with Crippen LogP contribution in [0.1, 0.15) is 77.5 Å². The first kappa shape index (κ1) is 47.5. The number of carbonyl (C=O) groups is 2. The average molecular weight is 904 g/mol. The molecule has 0 radical (unpaired) electrons. The van der Waals surface area contributed by atoms with Crippen molar-refractivity contribution in [3.05, 3.63) is 139 Å². The van der Waals surface area contributed by atoms with E-state index < -0.39 is 69.3 Å². The normalized spacial score (nSPS) is 26.7. The second kappa shape index (κ2) is 20.6. The van der Waals surface area contributed by atoms with Crippen LogP contribution >= 0.6 is 35.0 Å². The quantitative estimate of drug-likeness (QED) is 0.137. The molecule has 324 valence electrons. The summed E-state index contributed by atoms with van der Waals surface area (Å²) in [5, 5.41) is 31.7. The number of thioether (sulfide) groups is 1. The summed E-state index contributed by atoms with van der Waals surface area (Å²) in [4.78, 5) is 23.5. The Balaban J connectivity index is 0.000000230. The third kappa shape index (κ3) is 11.9. The summed E-state index contributed by atoms with van der Waals surface area (Å²) in [5.41, 5.74) is 5.64. The summed E-state index contributed by atoms with van der Waals surface area (Å²) < 4.78 is 46.8. The van der Waals surface area contributed by atoms with Gasteiger partial charge in [0.25, 0.3) is 0 Å². The SMILES string of the molecule is CS[C@H]1O[C@@H](c2ccc(Cl)c(Cc3ccc(C)cc3)c2)[C@H](C)[C@@H](OC(C)=O)[C@@H]1OC(C)=O.Cc1ccc(Cc2cc([C@@H]3O[C@H](S(C)(=O)=O)[C@@H](O)[C@H](O)[C@H]3O)ccc2Cl)cc1. The van der Waals surface area contributed by atoms with E-state index in [0.717, 1.165) is 34.1 Å². The number of halogens is 2. The predicted molar refractivity (Wildman–Crippen MR) is 233 cm³/mol. The van der Waals surface area contributed by atoms with Crippen LogP contribution in [-0.2, 0) is 51.2 Å². The van der Waals surface area contributed by atoms with Gasteiger partial charge in [0.2, 0.25) is 0 Å². The van der Waals surface area contributed by atoms with Crippen LogP contribution in [0.3, 0.4) is 0 Å². The van der Waals surface area contributed by atoms with Crippen LogP contribution in [-0.4, -0.2) is 89.6 Å². The molecule has 4 aromatic rings. The number of sulfone groups is 1. The molecule has 2 heterocycles. The lowest BCUT2D eigenvalue weighted by Crippen LogP contribution is -2.56. The molecule has 3 N–H and O–H groups in total. The van der Waals surface area contributed by atoms with Crippen molar-refractivity contribution in [1.29, 1.82) is 0 Å². The molecule has 0 bridgehead atoms. The van der Waals surface area contributed by atoms with E-state index in [1.54, 1.807) is 18.2 Å². The highest BCUT2D eigenvalue weighted by Gasteiger charge is 2.49. The maximum Gasteiger partial charge on any atom is 0.303 e. The van der Waals surface area contributed by atoms with Gasteiger partial charge in [-0.2, -0.15) is 0 Å². The lowest BCUT2D eigenvalue weighted by Gasteiger charge is -2.44. The molecule has 2 aliphatic rings. The molecule has 0 amide bonds.